The van der Waals surface area contributed by atoms with Crippen LogP contribution in [0.4, 0.5) is 5.00 Å². The first-order valence-corrected chi connectivity index (χ1v) is 12.1. The molecule has 1 aliphatic heterocycles. The zero-order valence-electron chi connectivity index (χ0n) is 15.6. The Morgan fingerprint density at radius 1 is 1.39 bits per heavy atom. The molecule has 0 aromatic carbocycles. The normalized spacial score (nSPS) is 18.0. The van der Waals surface area contributed by atoms with E-state index in [0.29, 0.717) is 33.5 Å². The average molecular weight is 443 g/mol. The number of thiophene rings is 2. The number of aryl methyl sites for hydroxylation is 1. The van der Waals surface area contributed by atoms with Gasteiger partial charge in [-0.05, 0) is 49.8 Å². The Labute approximate surface area is 172 Å². The summed E-state index contributed by atoms with van der Waals surface area (Å²) in [6.07, 6.45) is 1.25. The van der Waals surface area contributed by atoms with Gasteiger partial charge in [-0.15, -0.1) is 22.7 Å². The number of amides is 1. The van der Waals surface area contributed by atoms with Gasteiger partial charge >= 0.3 is 5.97 Å². The van der Waals surface area contributed by atoms with Gasteiger partial charge in [0.15, 0.2) is 0 Å². The highest BCUT2D eigenvalue weighted by Crippen LogP contribution is 2.30. The van der Waals surface area contributed by atoms with Crippen LogP contribution in [0.3, 0.4) is 0 Å². The lowest BCUT2D eigenvalue weighted by Gasteiger charge is -2.30. The van der Waals surface area contributed by atoms with Crippen molar-refractivity contribution < 1.29 is 22.7 Å². The molecule has 0 saturated carbocycles. The number of carbonyl (C=O) groups is 2. The van der Waals surface area contributed by atoms with E-state index in [0.717, 1.165) is 5.56 Å². The molecule has 1 aliphatic rings. The number of ether oxygens (including phenoxy) is 1. The maximum atomic E-state index is 12.7. The summed E-state index contributed by atoms with van der Waals surface area (Å²) in [6.45, 7) is 4.38. The summed E-state index contributed by atoms with van der Waals surface area (Å²) in [5.41, 5.74) is 0.740. The summed E-state index contributed by atoms with van der Waals surface area (Å²) >= 11 is 2.34. The third-order valence-electron chi connectivity index (χ3n) is 4.47. The fourth-order valence-electron chi connectivity index (χ4n) is 3.08. The van der Waals surface area contributed by atoms with Crippen molar-refractivity contribution in [2.24, 2.45) is 5.92 Å². The standard InChI is InChI=1S/C18H22N2O5S3/c1-3-25-18(22)16-12(2)10-14(27-16)19-17(21)13-6-4-8-20(11-13)28(23,24)15-7-5-9-26-15/h5,7,9-10,13H,3-4,6,8,11H2,1-2H3,(H,19,21). The van der Waals surface area contributed by atoms with Crippen LogP contribution >= 0.6 is 22.7 Å². The monoisotopic (exact) mass is 442 g/mol. The van der Waals surface area contributed by atoms with Crippen LogP contribution in [0.2, 0.25) is 0 Å². The molecule has 0 radical (unpaired) electrons. The first-order chi connectivity index (χ1) is 13.3. The van der Waals surface area contributed by atoms with Crippen molar-refractivity contribution in [1.82, 2.24) is 4.31 Å². The number of rotatable bonds is 6. The van der Waals surface area contributed by atoms with Crippen molar-refractivity contribution in [3.05, 3.63) is 34.0 Å². The maximum absolute atomic E-state index is 12.7. The minimum Gasteiger partial charge on any atom is -0.462 e. The molecule has 3 rings (SSSR count). The van der Waals surface area contributed by atoms with Crippen LogP contribution in [0.5, 0.6) is 0 Å². The molecule has 1 unspecified atom stereocenters. The highest BCUT2D eigenvalue weighted by Gasteiger charge is 2.34. The van der Waals surface area contributed by atoms with Crippen LogP contribution < -0.4 is 5.32 Å². The predicted octanol–water partition coefficient (Wildman–Crippen LogP) is 3.33. The molecule has 28 heavy (non-hydrogen) atoms. The zero-order chi connectivity index (χ0) is 20.3. The van der Waals surface area contributed by atoms with E-state index in [-0.39, 0.29) is 19.1 Å². The molecule has 10 heteroatoms. The Morgan fingerprint density at radius 3 is 2.86 bits per heavy atom. The molecular formula is C18H22N2O5S3. The van der Waals surface area contributed by atoms with Crippen LogP contribution in [-0.2, 0) is 19.6 Å². The van der Waals surface area contributed by atoms with Crippen LogP contribution in [0.1, 0.15) is 35.0 Å². The first kappa shape index (κ1) is 21.0. The van der Waals surface area contributed by atoms with Crippen molar-refractivity contribution in [3.63, 3.8) is 0 Å². The Kier molecular flexibility index (Phi) is 6.54. The number of nitrogens with one attached hydrogen (secondary N) is 1. The molecule has 0 aliphatic carbocycles. The van der Waals surface area contributed by atoms with Gasteiger partial charge in [0.2, 0.25) is 5.91 Å². The SMILES string of the molecule is CCOC(=O)c1sc(NC(=O)C2CCCN(S(=O)(=O)c3cccs3)C2)cc1C. The largest absolute Gasteiger partial charge is 0.462 e. The maximum Gasteiger partial charge on any atom is 0.348 e. The van der Waals surface area contributed by atoms with E-state index in [4.69, 9.17) is 4.74 Å². The van der Waals surface area contributed by atoms with Gasteiger partial charge in [0.25, 0.3) is 10.0 Å². The topological polar surface area (TPSA) is 92.8 Å². The van der Waals surface area contributed by atoms with E-state index in [1.807, 2.05) is 0 Å². The van der Waals surface area contributed by atoms with Gasteiger partial charge < -0.3 is 10.1 Å². The molecule has 1 amide bonds. The van der Waals surface area contributed by atoms with Crippen molar-refractivity contribution in [2.75, 3.05) is 25.0 Å². The third-order valence-corrected chi connectivity index (χ3v) is 8.84. The molecule has 1 N–H and O–H groups in total. The number of sulfonamides is 1. The Bertz CT molecular complexity index is 950. The van der Waals surface area contributed by atoms with Gasteiger partial charge in [-0.1, -0.05) is 6.07 Å². The molecule has 0 spiro atoms. The van der Waals surface area contributed by atoms with Crippen LogP contribution in [0.25, 0.3) is 0 Å². The minimum atomic E-state index is -3.56. The van der Waals surface area contributed by atoms with Crippen molar-refractivity contribution in [3.8, 4) is 0 Å². The summed E-state index contributed by atoms with van der Waals surface area (Å²) in [4.78, 5) is 25.1. The predicted molar refractivity (Wildman–Crippen MR) is 109 cm³/mol. The van der Waals surface area contributed by atoms with Gasteiger partial charge in [0.1, 0.15) is 9.09 Å². The molecular weight excluding hydrogens is 420 g/mol. The molecule has 7 nitrogen and oxygen atoms in total. The van der Waals surface area contributed by atoms with Crippen molar-refractivity contribution >= 4 is 49.6 Å². The fourth-order valence-corrected chi connectivity index (χ4v) is 6.72. The van der Waals surface area contributed by atoms with Crippen molar-refractivity contribution in [1.29, 1.82) is 0 Å². The van der Waals surface area contributed by atoms with E-state index in [9.17, 15) is 18.0 Å². The fraction of sp³-hybridized carbons (Fsp3) is 0.444. The van der Waals surface area contributed by atoms with Crippen LogP contribution in [0.15, 0.2) is 27.8 Å². The Morgan fingerprint density at radius 2 is 2.18 bits per heavy atom. The molecule has 0 bridgehead atoms. The highest BCUT2D eigenvalue weighted by molar-refractivity contribution is 7.91. The lowest BCUT2D eigenvalue weighted by atomic mass is 9.99. The Hall–Kier alpha value is -1.75. The Balaban J connectivity index is 1.68. The zero-order valence-corrected chi connectivity index (χ0v) is 18.1. The molecule has 2 aromatic heterocycles. The van der Waals surface area contributed by atoms with E-state index in [1.54, 1.807) is 37.4 Å². The second-order valence-corrected chi connectivity index (χ2v) is 10.6. The van der Waals surface area contributed by atoms with Crippen LogP contribution in [-0.4, -0.2) is 44.3 Å². The van der Waals surface area contributed by atoms with E-state index < -0.39 is 21.9 Å². The summed E-state index contributed by atoms with van der Waals surface area (Å²) in [7, 11) is -3.56. The molecule has 3 heterocycles. The van der Waals surface area contributed by atoms with Gasteiger partial charge in [0, 0.05) is 13.1 Å². The average Bonchev–Trinajstić information content (AvgIpc) is 3.32. The smallest absolute Gasteiger partial charge is 0.348 e. The van der Waals surface area contributed by atoms with Crippen LogP contribution in [0, 0.1) is 12.8 Å². The molecule has 1 fully saturated rings. The molecule has 2 aromatic rings. The van der Waals surface area contributed by atoms with Gasteiger partial charge in [-0.25, -0.2) is 13.2 Å². The number of piperidine rings is 1. The first-order valence-electron chi connectivity index (χ1n) is 8.95. The number of hydrogen-bond acceptors (Lipinski definition) is 7. The van der Waals surface area contributed by atoms with E-state index in [2.05, 4.69) is 5.32 Å². The minimum absolute atomic E-state index is 0.154. The number of carbonyl (C=O) groups excluding carboxylic acids is 2. The summed E-state index contributed by atoms with van der Waals surface area (Å²) in [5.74, 6) is -1.07. The van der Waals surface area contributed by atoms with Gasteiger partial charge in [0.05, 0.1) is 17.5 Å². The lowest BCUT2D eigenvalue weighted by Crippen LogP contribution is -2.43. The van der Waals surface area contributed by atoms with Crippen molar-refractivity contribution in [2.45, 2.75) is 30.9 Å². The second kappa shape index (κ2) is 8.73. The van der Waals surface area contributed by atoms with Gasteiger partial charge in [-0.3, -0.25) is 4.79 Å². The number of hydrogen-bond donors (Lipinski definition) is 1. The number of nitrogens with zero attached hydrogens (tertiary/aromatic N) is 1. The lowest BCUT2D eigenvalue weighted by molar-refractivity contribution is -0.120. The highest BCUT2D eigenvalue weighted by atomic mass is 32.2. The van der Waals surface area contributed by atoms with E-state index in [1.165, 1.54) is 27.0 Å². The summed E-state index contributed by atoms with van der Waals surface area (Å²) < 4.78 is 32.1. The summed E-state index contributed by atoms with van der Waals surface area (Å²) in [6, 6.07) is 5.01. The third kappa shape index (κ3) is 4.45. The molecule has 1 saturated heterocycles. The number of anilines is 1. The molecule has 1 atom stereocenters. The van der Waals surface area contributed by atoms with Gasteiger partial charge in [-0.2, -0.15) is 4.31 Å². The summed E-state index contributed by atoms with van der Waals surface area (Å²) in [5, 5.41) is 5.11. The molecule has 152 valence electrons. The number of esters is 1. The second-order valence-electron chi connectivity index (χ2n) is 6.47. The van der Waals surface area contributed by atoms with E-state index >= 15 is 0 Å². The quantitative estimate of drug-likeness (QED) is 0.693.